The van der Waals surface area contributed by atoms with E-state index in [1.165, 1.54) is 0 Å². The number of hydrogen-bond donors (Lipinski definition) is 1. The monoisotopic (exact) mass is 198 g/mol. The van der Waals surface area contributed by atoms with Gasteiger partial charge in [0, 0.05) is 19.1 Å². The zero-order valence-corrected chi connectivity index (χ0v) is 9.55. The first-order valence-electron chi connectivity index (χ1n) is 5.27. The fraction of sp³-hybridized carbons (Fsp3) is 0.727. The Morgan fingerprint density at radius 2 is 2.21 bits per heavy atom. The van der Waals surface area contributed by atoms with Gasteiger partial charge in [0.2, 0.25) is 5.91 Å². The van der Waals surface area contributed by atoms with E-state index in [0.29, 0.717) is 19.1 Å². The van der Waals surface area contributed by atoms with Crippen LogP contribution in [0.1, 0.15) is 27.2 Å². The number of nitrogens with one attached hydrogen (secondary N) is 1. The minimum Gasteiger partial charge on any atom is -0.338 e. The lowest BCUT2D eigenvalue weighted by Crippen LogP contribution is -2.40. The van der Waals surface area contributed by atoms with Gasteiger partial charge in [0.05, 0.1) is 6.54 Å². The van der Waals surface area contributed by atoms with Crippen LogP contribution < -0.4 is 5.32 Å². The molecule has 0 aromatic heterocycles. The zero-order valence-electron chi connectivity index (χ0n) is 9.55. The quantitative estimate of drug-likeness (QED) is 0.627. The van der Waals surface area contributed by atoms with Crippen molar-refractivity contribution in [3.63, 3.8) is 0 Å². The molecule has 14 heavy (non-hydrogen) atoms. The molecule has 0 aliphatic carbocycles. The van der Waals surface area contributed by atoms with Crippen molar-refractivity contribution in [2.75, 3.05) is 19.6 Å². The van der Waals surface area contributed by atoms with Gasteiger partial charge in [-0.3, -0.25) is 4.79 Å². The van der Waals surface area contributed by atoms with Crippen LogP contribution in [-0.2, 0) is 4.79 Å². The summed E-state index contributed by atoms with van der Waals surface area (Å²) in [6.45, 7) is 11.6. The lowest BCUT2D eigenvalue weighted by Gasteiger charge is -2.20. The van der Waals surface area contributed by atoms with Gasteiger partial charge in [0.25, 0.3) is 0 Å². The topological polar surface area (TPSA) is 32.3 Å². The van der Waals surface area contributed by atoms with Gasteiger partial charge in [0.1, 0.15) is 0 Å². The lowest BCUT2D eigenvalue weighted by atomic mass is 10.2. The molecule has 1 N–H and O–H groups in total. The van der Waals surface area contributed by atoms with Gasteiger partial charge < -0.3 is 10.2 Å². The van der Waals surface area contributed by atoms with Crippen LogP contribution in [0.5, 0.6) is 0 Å². The number of amides is 1. The Morgan fingerprint density at radius 1 is 1.57 bits per heavy atom. The van der Waals surface area contributed by atoms with Crippen molar-refractivity contribution in [3.05, 3.63) is 12.7 Å². The van der Waals surface area contributed by atoms with E-state index in [-0.39, 0.29) is 5.91 Å². The van der Waals surface area contributed by atoms with Crippen molar-refractivity contribution in [2.24, 2.45) is 0 Å². The van der Waals surface area contributed by atoms with E-state index in [2.05, 4.69) is 25.7 Å². The zero-order chi connectivity index (χ0) is 11.0. The van der Waals surface area contributed by atoms with Crippen LogP contribution in [0.2, 0.25) is 0 Å². The minimum absolute atomic E-state index is 0.146. The molecule has 0 heterocycles. The van der Waals surface area contributed by atoms with Crippen molar-refractivity contribution >= 4 is 5.91 Å². The second-order valence-corrected chi connectivity index (χ2v) is 3.41. The molecular weight excluding hydrogens is 176 g/mol. The summed E-state index contributed by atoms with van der Waals surface area (Å²) >= 11 is 0. The van der Waals surface area contributed by atoms with E-state index in [4.69, 9.17) is 0 Å². The van der Waals surface area contributed by atoms with Crippen molar-refractivity contribution in [1.82, 2.24) is 10.2 Å². The highest BCUT2D eigenvalue weighted by molar-refractivity contribution is 5.78. The predicted molar refractivity (Wildman–Crippen MR) is 60.2 cm³/mol. The standard InChI is InChI=1S/C11H22N2O/c1-5-8-13(7-3)11(14)9-12-10(4)6-2/h5,10,12H,1,6-9H2,2-4H3. The second-order valence-electron chi connectivity index (χ2n) is 3.41. The summed E-state index contributed by atoms with van der Waals surface area (Å²) in [6.07, 6.45) is 2.80. The van der Waals surface area contributed by atoms with Gasteiger partial charge >= 0.3 is 0 Å². The van der Waals surface area contributed by atoms with E-state index >= 15 is 0 Å². The summed E-state index contributed by atoms with van der Waals surface area (Å²) in [5.74, 6) is 0.146. The molecule has 0 radical (unpaired) electrons. The molecule has 3 heteroatoms. The molecule has 0 spiro atoms. The highest BCUT2D eigenvalue weighted by atomic mass is 16.2. The first-order chi connectivity index (χ1) is 6.65. The molecule has 0 aliphatic heterocycles. The van der Waals surface area contributed by atoms with Crippen molar-refractivity contribution < 1.29 is 4.79 Å². The maximum absolute atomic E-state index is 11.6. The van der Waals surface area contributed by atoms with E-state index < -0.39 is 0 Å². The summed E-state index contributed by atoms with van der Waals surface area (Å²) < 4.78 is 0. The lowest BCUT2D eigenvalue weighted by molar-refractivity contribution is -0.129. The van der Waals surface area contributed by atoms with Gasteiger partial charge in [-0.05, 0) is 20.3 Å². The number of carbonyl (C=O) groups excluding carboxylic acids is 1. The highest BCUT2D eigenvalue weighted by Gasteiger charge is 2.09. The largest absolute Gasteiger partial charge is 0.338 e. The second kappa shape index (κ2) is 7.56. The van der Waals surface area contributed by atoms with E-state index in [1.807, 2.05) is 6.92 Å². The molecule has 0 saturated heterocycles. The maximum atomic E-state index is 11.6. The molecule has 82 valence electrons. The molecular formula is C11H22N2O. The molecule has 3 nitrogen and oxygen atoms in total. The molecule has 0 saturated carbocycles. The van der Waals surface area contributed by atoms with Crippen LogP contribution in [0.3, 0.4) is 0 Å². The molecule has 0 aromatic carbocycles. The van der Waals surface area contributed by atoms with Crippen LogP contribution in [0, 0.1) is 0 Å². The Hall–Kier alpha value is -0.830. The molecule has 1 amide bonds. The molecule has 0 rings (SSSR count). The molecule has 1 unspecified atom stereocenters. The average Bonchev–Trinajstić information content (AvgIpc) is 2.21. The Morgan fingerprint density at radius 3 is 2.64 bits per heavy atom. The van der Waals surface area contributed by atoms with Crippen molar-refractivity contribution in [3.8, 4) is 0 Å². The number of carbonyl (C=O) groups is 1. The number of likely N-dealkylation sites (N-methyl/N-ethyl adjacent to an activating group) is 1. The van der Waals surface area contributed by atoms with Crippen LogP contribution >= 0.6 is 0 Å². The molecule has 1 atom stereocenters. The third-order valence-corrected chi connectivity index (χ3v) is 2.30. The smallest absolute Gasteiger partial charge is 0.236 e. The Kier molecular flexibility index (Phi) is 7.11. The SMILES string of the molecule is C=CCN(CC)C(=O)CNC(C)CC. The highest BCUT2D eigenvalue weighted by Crippen LogP contribution is 1.91. The first-order valence-corrected chi connectivity index (χ1v) is 5.27. The van der Waals surface area contributed by atoms with Gasteiger partial charge in [0.15, 0.2) is 0 Å². The number of hydrogen-bond acceptors (Lipinski definition) is 2. The molecule has 0 aromatic rings. The van der Waals surface area contributed by atoms with E-state index in [9.17, 15) is 4.79 Å². The van der Waals surface area contributed by atoms with Crippen molar-refractivity contribution in [1.29, 1.82) is 0 Å². The third-order valence-electron chi connectivity index (χ3n) is 2.30. The van der Waals surface area contributed by atoms with Crippen LogP contribution in [-0.4, -0.2) is 36.5 Å². The Bertz CT molecular complexity index is 180. The first kappa shape index (κ1) is 13.2. The number of nitrogens with zero attached hydrogens (tertiary/aromatic N) is 1. The summed E-state index contributed by atoms with van der Waals surface area (Å²) in [4.78, 5) is 13.4. The van der Waals surface area contributed by atoms with E-state index in [0.717, 1.165) is 13.0 Å². The Balaban J connectivity index is 3.85. The third kappa shape index (κ3) is 5.02. The number of rotatable bonds is 7. The predicted octanol–water partition coefficient (Wildman–Crippen LogP) is 1.41. The minimum atomic E-state index is 0.146. The van der Waals surface area contributed by atoms with Gasteiger partial charge in [-0.25, -0.2) is 0 Å². The van der Waals surface area contributed by atoms with Gasteiger partial charge in [-0.15, -0.1) is 6.58 Å². The Labute approximate surface area is 87.2 Å². The van der Waals surface area contributed by atoms with Crippen LogP contribution in [0.4, 0.5) is 0 Å². The fourth-order valence-electron chi connectivity index (χ4n) is 1.08. The van der Waals surface area contributed by atoms with Gasteiger partial charge in [-0.1, -0.05) is 13.0 Å². The normalized spacial score (nSPS) is 12.2. The van der Waals surface area contributed by atoms with Crippen molar-refractivity contribution in [2.45, 2.75) is 33.2 Å². The summed E-state index contributed by atoms with van der Waals surface area (Å²) in [5, 5.41) is 3.18. The molecule has 0 fully saturated rings. The van der Waals surface area contributed by atoms with Gasteiger partial charge in [-0.2, -0.15) is 0 Å². The summed E-state index contributed by atoms with van der Waals surface area (Å²) in [7, 11) is 0. The van der Waals surface area contributed by atoms with Crippen LogP contribution in [0.25, 0.3) is 0 Å². The average molecular weight is 198 g/mol. The summed E-state index contributed by atoms with van der Waals surface area (Å²) in [5.41, 5.74) is 0. The van der Waals surface area contributed by atoms with E-state index in [1.54, 1.807) is 11.0 Å². The molecule has 0 aliphatic rings. The van der Waals surface area contributed by atoms with Crippen LogP contribution in [0.15, 0.2) is 12.7 Å². The maximum Gasteiger partial charge on any atom is 0.236 e. The molecule has 0 bridgehead atoms. The fourth-order valence-corrected chi connectivity index (χ4v) is 1.08. The summed E-state index contributed by atoms with van der Waals surface area (Å²) in [6, 6.07) is 0.404.